The van der Waals surface area contributed by atoms with Crippen LogP contribution in [-0.2, 0) is 11.3 Å². The summed E-state index contributed by atoms with van der Waals surface area (Å²) in [5.74, 6) is 0.958. The quantitative estimate of drug-likeness (QED) is 0.785. The molecule has 1 aliphatic heterocycles. The maximum Gasteiger partial charge on any atom is 0.223 e. The first-order valence-corrected chi connectivity index (χ1v) is 9.56. The maximum atomic E-state index is 12.3. The van der Waals surface area contributed by atoms with Crippen molar-refractivity contribution in [3.63, 3.8) is 0 Å². The molecule has 1 aliphatic carbocycles. The first-order chi connectivity index (χ1) is 12.2. The molecular weight excluding hydrogens is 316 g/mol. The molecule has 1 aromatic heterocycles. The molecular formula is C19H30N4O2. The van der Waals surface area contributed by atoms with Crippen molar-refractivity contribution < 1.29 is 9.53 Å². The minimum Gasteiger partial charge on any atom is -0.474 e. The second-order valence-electron chi connectivity index (χ2n) is 7.15. The van der Waals surface area contributed by atoms with Gasteiger partial charge in [0.05, 0.1) is 0 Å². The van der Waals surface area contributed by atoms with Gasteiger partial charge in [-0.25, -0.2) is 4.98 Å². The smallest absolute Gasteiger partial charge is 0.223 e. The largest absolute Gasteiger partial charge is 0.474 e. The molecule has 1 amide bonds. The summed E-state index contributed by atoms with van der Waals surface area (Å²) in [6.07, 6.45) is 8.71. The molecule has 0 atom stereocenters. The number of hydrogen-bond acceptors (Lipinski definition) is 5. The number of nitrogens with zero attached hydrogens (tertiary/aromatic N) is 2. The van der Waals surface area contributed by atoms with Crippen molar-refractivity contribution in [1.82, 2.24) is 15.2 Å². The Morgan fingerprint density at radius 1 is 1.24 bits per heavy atom. The number of piperidine rings is 1. The molecule has 0 radical (unpaired) electrons. The summed E-state index contributed by atoms with van der Waals surface area (Å²) >= 11 is 0. The molecule has 2 fully saturated rings. The number of hydrogen-bond donors (Lipinski definition) is 2. The van der Waals surface area contributed by atoms with E-state index in [2.05, 4.69) is 15.2 Å². The molecule has 0 spiro atoms. The number of nitrogens with one attached hydrogen (secondary N) is 1. The highest BCUT2D eigenvalue weighted by Crippen LogP contribution is 2.23. The number of amides is 1. The van der Waals surface area contributed by atoms with E-state index in [0.29, 0.717) is 25.1 Å². The average molecular weight is 346 g/mol. The van der Waals surface area contributed by atoms with Crippen LogP contribution >= 0.6 is 0 Å². The molecule has 3 rings (SSSR count). The summed E-state index contributed by atoms with van der Waals surface area (Å²) in [7, 11) is 0. The lowest BCUT2D eigenvalue weighted by molar-refractivity contribution is -0.126. The van der Waals surface area contributed by atoms with E-state index in [4.69, 9.17) is 10.5 Å². The Labute approximate surface area is 150 Å². The van der Waals surface area contributed by atoms with Gasteiger partial charge in [-0.05, 0) is 57.2 Å². The Kier molecular flexibility index (Phi) is 6.64. The Hall–Kier alpha value is -1.66. The fraction of sp³-hybridized carbons (Fsp3) is 0.684. The summed E-state index contributed by atoms with van der Waals surface area (Å²) in [6.45, 7) is 4.06. The molecule has 1 aromatic rings. The third kappa shape index (κ3) is 5.41. The lowest BCUT2D eigenvalue weighted by atomic mass is 9.96. The van der Waals surface area contributed by atoms with Gasteiger partial charge < -0.3 is 20.7 Å². The van der Waals surface area contributed by atoms with Crippen LogP contribution in [-0.4, -0.2) is 48.1 Å². The number of nitrogens with two attached hydrogens (primary N) is 1. The Morgan fingerprint density at radius 3 is 2.64 bits per heavy atom. The fourth-order valence-corrected chi connectivity index (χ4v) is 3.70. The SMILES string of the molecule is NCCN1CCC(C(=O)NCc2ccc(OC3CCCC3)nc2)CC1. The van der Waals surface area contributed by atoms with Crippen LogP contribution in [0.2, 0.25) is 0 Å². The first kappa shape index (κ1) is 18.1. The highest BCUT2D eigenvalue weighted by atomic mass is 16.5. The van der Waals surface area contributed by atoms with Gasteiger partial charge >= 0.3 is 0 Å². The molecule has 0 unspecified atom stereocenters. The topological polar surface area (TPSA) is 80.5 Å². The van der Waals surface area contributed by atoms with Crippen LogP contribution in [0.25, 0.3) is 0 Å². The highest BCUT2D eigenvalue weighted by molar-refractivity contribution is 5.78. The van der Waals surface area contributed by atoms with Crippen LogP contribution in [0.4, 0.5) is 0 Å². The Morgan fingerprint density at radius 2 is 2.00 bits per heavy atom. The van der Waals surface area contributed by atoms with Crippen molar-refractivity contribution in [3.8, 4) is 5.88 Å². The van der Waals surface area contributed by atoms with Crippen LogP contribution in [0.1, 0.15) is 44.1 Å². The number of pyridine rings is 1. The van der Waals surface area contributed by atoms with Gasteiger partial charge in [0.15, 0.2) is 0 Å². The van der Waals surface area contributed by atoms with Gasteiger partial charge in [0.1, 0.15) is 6.10 Å². The number of ether oxygens (including phenoxy) is 1. The van der Waals surface area contributed by atoms with Crippen molar-refractivity contribution in [2.75, 3.05) is 26.2 Å². The number of carbonyl (C=O) groups is 1. The van der Waals surface area contributed by atoms with Crippen molar-refractivity contribution >= 4 is 5.91 Å². The van der Waals surface area contributed by atoms with Gasteiger partial charge in [0.25, 0.3) is 0 Å². The minimum absolute atomic E-state index is 0.118. The summed E-state index contributed by atoms with van der Waals surface area (Å²) in [5.41, 5.74) is 6.59. The molecule has 3 N–H and O–H groups in total. The first-order valence-electron chi connectivity index (χ1n) is 9.56. The molecule has 2 aliphatic rings. The summed E-state index contributed by atoms with van der Waals surface area (Å²) in [4.78, 5) is 19.0. The molecule has 1 saturated carbocycles. The van der Waals surface area contributed by atoms with Crippen LogP contribution in [0, 0.1) is 5.92 Å². The summed E-state index contributed by atoms with van der Waals surface area (Å²) in [6, 6.07) is 3.90. The zero-order chi connectivity index (χ0) is 17.5. The molecule has 6 nitrogen and oxygen atoms in total. The van der Waals surface area contributed by atoms with Gasteiger partial charge in [-0.1, -0.05) is 6.07 Å². The predicted octanol–water partition coefficient (Wildman–Crippen LogP) is 1.69. The van der Waals surface area contributed by atoms with Crippen LogP contribution in [0.5, 0.6) is 5.88 Å². The van der Waals surface area contributed by atoms with Gasteiger partial charge in [-0.2, -0.15) is 0 Å². The van der Waals surface area contributed by atoms with E-state index in [1.807, 2.05) is 12.1 Å². The third-order valence-electron chi connectivity index (χ3n) is 5.26. The lowest BCUT2D eigenvalue weighted by Crippen LogP contribution is -2.41. The number of likely N-dealkylation sites (tertiary alicyclic amines) is 1. The molecule has 1 saturated heterocycles. The van der Waals surface area contributed by atoms with Crippen LogP contribution < -0.4 is 15.8 Å². The van der Waals surface area contributed by atoms with E-state index in [1.54, 1.807) is 6.20 Å². The summed E-state index contributed by atoms with van der Waals surface area (Å²) in [5, 5.41) is 3.05. The highest BCUT2D eigenvalue weighted by Gasteiger charge is 2.24. The van der Waals surface area contributed by atoms with E-state index in [1.165, 1.54) is 12.8 Å². The van der Waals surface area contributed by atoms with Gasteiger partial charge in [-0.3, -0.25) is 4.79 Å². The van der Waals surface area contributed by atoms with Crippen molar-refractivity contribution in [2.45, 2.75) is 51.2 Å². The van der Waals surface area contributed by atoms with E-state index >= 15 is 0 Å². The van der Waals surface area contributed by atoms with Gasteiger partial charge in [-0.15, -0.1) is 0 Å². The van der Waals surface area contributed by atoms with Crippen molar-refractivity contribution in [3.05, 3.63) is 23.9 Å². The van der Waals surface area contributed by atoms with Crippen LogP contribution in [0.15, 0.2) is 18.3 Å². The standard InChI is InChI=1S/C19H30N4O2/c20-9-12-23-10-7-16(8-11-23)19(24)22-14-15-5-6-18(21-13-15)25-17-3-1-2-4-17/h5-6,13,16-17H,1-4,7-12,14,20H2,(H,22,24). The monoisotopic (exact) mass is 346 g/mol. The third-order valence-corrected chi connectivity index (χ3v) is 5.26. The van der Waals surface area contributed by atoms with Gasteiger partial charge in [0, 0.05) is 37.8 Å². The second kappa shape index (κ2) is 9.15. The van der Waals surface area contributed by atoms with E-state index < -0.39 is 0 Å². The zero-order valence-corrected chi connectivity index (χ0v) is 15.0. The average Bonchev–Trinajstić information content (AvgIpc) is 3.15. The second-order valence-corrected chi connectivity index (χ2v) is 7.15. The minimum atomic E-state index is 0.118. The van der Waals surface area contributed by atoms with Crippen LogP contribution in [0.3, 0.4) is 0 Å². The Bertz CT molecular complexity index is 535. The molecule has 25 heavy (non-hydrogen) atoms. The van der Waals surface area contributed by atoms with Crippen molar-refractivity contribution in [2.24, 2.45) is 11.7 Å². The molecule has 0 bridgehead atoms. The lowest BCUT2D eigenvalue weighted by Gasteiger charge is -2.30. The molecule has 0 aromatic carbocycles. The normalized spacial score (nSPS) is 19.9. The number of carbonyl (C=O) groups excluding carboxylic acids is 1. The van der Waals surface area contributed by atoms with E-state index in [-0.39, 0.29) is 11.8 Å². The Balaban J connectivity index is 1.40. The zero-order valence-electron chi connectivity index (χ0n) is 15.0. The predicted molar refractivity (Wildman–Crippen MR) is 97.2 cm³/mol. The van der Waals surface area contributed by atoms with E-state index in [0.717, 1.165) is 50.9 Å². The fourth-order valence-electron chi connectivity index (χ4n) is 3.70. The maximum absolute atomic E-state index is 12.3. The molecule has 2 heterocycles. The summed E-state index contributed by atoms with van der Waals surface area (Å²) < 4.78 is 5.87. The van der Waals surface area contributed by atoms with Gasteiger partial charge in [0.2, 0.25) is 11.8 Å². The van der Waals surface area contributed by atoms with E-state index in [9.17, 15) is 4.79 Å². The number of rotatable bonds is 7. The van der Waals surface area contributed by atoms with Crippen molar-refractivity contribution in [1.29, 1.82) is 0 Å². The molecule has 138 valence electrons. The number of aromatic nitrogens is 1. The molecule has 6 heteroatoms.